The third-order valence-corrected chi connectivity index (χ3v) is 3.38. The van der Waals surface area contributed by atoms with Crippen molar-refractivity contribution in [2.75, 3.05) is 6.61 Å². The van der Waals surface area contributed by atoms with Crippen LogP contribution >= 0.6 is 11.6 Å². The van der Waals surface area contributed by atoms with Crippen LogP contribution in [-0.2, 0) is 4.74 Å². The Hall–Kier alpha value is -0.690. The van der Waals surface area contributed by atoms with E-state index in [0.29, 0.717) is 11.1 Å². The van der Waals surface area contributed by atoms with Crippen molar-refractivity contribution >= 4 is 11.6 Å². The maximum atomic E-state index is 10.2. The van der Waals surface area contributed by atoms with E-state index in [1.54, 1.807) is 0 Å². The number of aliphatic hydroxyl groups excluding tert-OH is 2. The first-order chi connectivity index (χ1) is 8.70. The number of nitrogens with two attached hydrogens (primary N) is 1. The van der Waals surface area contributed by atoms with E-state index in [1.807, 2.05) is 0 Å². The molecule has 1 fully saturated rings. The first kappa shape index (κ1) is 16.4. The summed E-state index contributed by atoms with van der Waals surface area (Å²) in [5, 5.41) is 29.4. The Bertz CT molecular complexity index is 405. The van der Waals surface area contributed by atoms with Crippen molar-refractivity contribution in [2.24, 2.45) is 5.73 Å². The van der Waals surface area contributed by atoms with Crippen LogP contribution in [-0.4, -0.2) is 46.0 Å². The SMILES string of the molecule is C=C(Cl)/C=C(/CO)C(=C)C[C@H]1OC(N)[C@H](O)[C@]1(C)O. The minimum absolute atomic E-state index is 0.217. The number of rotatable bonds is 5. The lowest BCUT2D eigenvalue weighted by atomic mass is 9.89. The van der Waals surface area contributed by atoms with Crippen LogP contribution in [0, 0.1) is 0 Å². The van der Waals surface area contributed by atoms with Gasteiger partial charge in [0.25, 0.3) is 0 Å². The lowest BCUT2D eigenvalue weighted by Gasteiger charge is -2.27. The van der Waals surface area contributed by atoms with Crippen LogP contribution in [0.1, 0.15) is 13.3 Å². The van der Waals surface area contributed by atoms with Crippen LogP contribution in [0.5, 0.6) is 0 Å². The van der Waals surface area contributed by atoms with Gasteiger partial charge in [0, 0.05) is 11.5 Å². The van der Waals surface area contributed by atoms with Crippen molar-refractivity contribution in [3.8, 4) is 0 Å². The molecule has 0 aromatic rings. The summed E-state index contributed by atoms with van der Waals surface area (Å²) >= 11 is 5.65. The number of hydrogen-bond donors (Lipinski definition) is 4. The quantitative estimate of drug-likeness (QED) is 0.550. The van der Waals surface area contributed by atoms with Gasteiger partial charge < -0.3 is 25.8 Å². The highest BCUT2D eigenvalue weighted by atomic mass is 35.5. The molecule has 0 radical (unpaired) electrons. The van der Waals surface area contributed by atoms with E-state index in [9.17, 15) is 15.3 Å². The number of allylic oxidation sites excluding steroid dienone is 2. The molecule has 1 rings (SSSR count). The highest BCUT2D eigenvalue weighted by Gasteiger charge is 2.50. The van der Waals surface area contributed by atoms with Gasteiger partial charge in [-0.25, -0.2) is 0 Å². The van der Waals surface area contributed by atoms with Gasteiger partial charge in [0.1, 0.15) is 17.9 Å². The van der Waals surface area contributed by atoms with Crippen LogP contribution in [0.3, 0.4) is 0 Å². The molecule has 4 atom stereocenters. The Balaban J connectivity index is 2.80. The average molecular weight is 290 g/mol. The average Bonchev–Trinajstić information content (AvgIpc) is 2.50. The summed E-state index contributed by atoms with van der Waals surface area (Å²) in [4.78, 5) is 0. The van der Waals surface area contributed by atoms with E-state index in [0.717, 1.165) is 0 Å². The molecule has 0 aromatic heterocycles. The second-order valence-corrected chi connectivity index (χ2v) is 5.33. The first-order valence-corrected chi connectivity index (χ1v) is 6.23. The Kier molecular flexibility index (Phi) is 5.32. The molecule has 0 amide bonds. The third-order valence-electron chi connectivity index (χ3n) is 3.27. The fourth-order valence-corrected chi connectivity index (χ4v) is 2.11. The fraction of sp³-hybridized carbons (Fsp3) is 0.538. The zero-order valence-corrected chi connectivity index (χ0v) is 11.6. The summed E-state index contributed by atoms with van der Waals surface area (Å²) in [6, 6.07) is 0. The number of aliphatic hydroxyl groups is 3. The molecular weight excluding hydrogens is 270 g/mol. The van der Waals surface area contributed by atoms with Crippen LogP contribution in [0.4, 0.5) is 0 Å². The van der Waals surface area contributed by atoms with Gasteiger partial charge >= 0.3 is 0 Å². The van der Waals surface area contributed by atoms with Crippen molar-refractivity contribution in [1.29, 1.82) is 0 Å². The van der Waals surface area contributed by atoms with Crippen molar-refractivity contribution < 1.29 is 20.1 Å². The molecule has 0 saturated carbocycles. The highest BCUT2D eigenvalue weighted by molar-refractivity contribution is 6.30. The fourth-order valence-electron chi connectivity index (χ4n) is 1.98. The van der Waals surface area contributed by atoms with Gasteiger partial charge in [-0.2, -0.15) is 0 Å². The van der Waals surface area contributed by atoms with Gasteiger partial charge in [-0.05, 0) is 24.1 Å². The van der Waals surface area contributed by atoms with Crippen molar-refractivity contribution in [1.82, 2.24) is 0 Å². The molecule has 1 saturated heterocycles. The van der Waals surface area contributed by atoms with Gasteiger partial charge in [-0.1, -0.05) is 24.8 Å². The predicted molar refractivity (Wildman–Crippen MR) is 73.4 cm³/mol. The molecule has 0 spiro atoms. The molecular formula is C13H20ClNO4. The summed E-state index contributed by atoms with van der Waals surface area (Å²) in [5.74, 6) is 0. The topological polar surface area (TPSA) is 95.9 Å². The minimum atomic E-state index is -1.47. The van der Waals surface area contributed by atoms with Gasteiger partial charge in [-0.15, -0.1) is 0 Å². The van der Waals surface area contributed by atoms with E-state index in [1.165, 1.54) is 13.0 Å². The summed E-state index contributed by atoms with van der Waals surface area (Å²) in [6.45, 7) is 8.52. The molecule has 0 bridgehead atoms. The Morgan fingerprint density at radius 1 is 1.53 bits per heavy atom. The molecule has 108 valence electrons. The van der Waals surface area contributed by atoms with Gasteiger partial charge in [0.2, 0.25) is 0 Å². The van der Waals surface area contributed by atoms with Crippen LogP contribution in [0.2, 0.25) is 0 Å². The maximum absolute atomic E-state index is 10.2. The van der Waals surface area contributed by atoms with Crippen LogP contribution in [0.25, 0.3) is 0 Å². The largest absolute Gasteiger partial charge is 0.392 e. The van der Waals surface area contributed by atoms with E-state index in [2.05, 4.69) is 13.2 Å². The summed E-state index contributed by atoms with van der Waals surface area (Å²) in [7, 11) is 0. The lowest BCUT2D eigenvalue weighted by Crippen LogP contribution is -2.47. The van der Waals surface area contributed by atoms with Crippen molar-refractivity contribution in [3.63, 3.8) is 0 Å². The van der Waals surface area contributed by atoms with Crippen LogP contribution < -0.4 is 5.73 Å². The van der Waals surface area contributed by atoms with Gasteiger partial charge in [0.15, 0.2) is 0 Å². The summed E-state index contributed by atoms with van der Waals surface area (Å²) in [6.07, 6.45) is -1.12. The molecule has 19 heavy (non-hydrogen) atoms. The second kappa shape index (κ2) is 6.17. The van der Waals surface area contributed by atoms with E-state index >= 15 is 0 Å². The number of halogens is 1. The van der Waals surface area contributed by atoms with Gasteiger partial charge in [-0.3, -0.25) is 0 Å². The zero-order chi connectivity index (χ0) is 14.8. The molecule has 0 aromatic carbocycles. The molecule has 6 heteroatoms. The monoisotopic (exact) mass is 289 g/mol. The highest BCUT2D eigenvalue weighted by Crippen LogP contribution is 2.33. The Morgan fingerprint density at radius 3 is 2.47 bits per heavy atom. The number of hydrogen-bond acceptors (Lipinski definition) is 5. The number of ether oxygens (including phenoxy) is 1. The predicted octanol–water partition coefficient (Wildman–Crippen LogP) is 0.399. The minimum Gasteiger partial charge on any atom is -0.392 e. The van der Waals surface area contributed by atoms with Crippen molar-refractivity contribution in [3.05, 3.63) is 35.4 Å². The molecule has 1 aliphatic rings. The Labute approximate surface area is 117 Å². The molecule has 0 aliphatic carbocycles. The molecule has 1 unspecified atom stereocenters. The molecule has 1 aliphatic heterocycles. The molecule has 5 nitrogen and oxygen atoms in total. The smallest absolute Gasteiger partial charge is 0.135 e. The standard InChI is InChI=1S/C13H20ClNO4/c1-7(9(6-16)5-8(2)14)4-10-13(3,18)11(17)12(15)19-10/h5,10-12,16-18H,1-2,4,6,15H2,3H3/b9-5-/t10-,11+,12?,13-/m1/s1. The maximum Gasteiger partial charge on any atom is 0.135 e. The first-order valence-electron chi connectivity index (χ1n) is 5.85. The van der Waals surface area contributed by atoms with E-state index < -0.39 is 24.0 Å². The van der Waals surface area contributed by atoms with Gasteiger partial charge in [0.05, 0.1) is 12.7 Å². The van der Waals surface area contributed by atoms with Crippen molar-refractivity contribution in [2.45, 2.75) is 37.4 Å². The third kappa shape index (κ3) is 3.66. The molecule has 5 N–H and O–H groups in total. The van der Waals surface area contributed by atoms with E-state index in [-0.39, 0.29) is 18.1 Å². The zero-order valence-electron chi connectivity index (χ0n) is 10.8. The van der Waals surface area contributed by atoms with Crippen LogP contribution in [0.15, 0.2) is 35.4 Å². The normalized spacial score (nSPS) is 35.5. The lowest BCUT2D eigenvalue weighted by molar-refractivity contribution is -0.0623. The Morgan fingerprint density at radius 2 is 2.11 bits per heavy atom. The summed E-state index contributed by atoms with van der Waals surface area (Å²) in [5.41, 5.74) is 5.11. The summed E-state index contributed by atoms with van der Waals surface area (Å²) < 4.78 is 5.31. The molecule has 1 heterocycles. The second-order valence-electron chi connectivity index (χ2n) is 4.84. The van der Waals surface area contributed by atoms with E-state index in [4.69, 9.17) is 22.1 Å².